The summed E-state index contributed by atoms with van der Waals surface area (Å²) in [5.74, 6) is 0.0897. The van der Waals surface area contributed by atoms with Crippen LogP contribution in [0.1, 0.15) is 60.0 Å². The van der Waals surface area contributed by atoms with Gasteiger partial charge in [0.2, 0.25) is 0 Å². The first-order chi connectivity index (χ1) is 15.3. The minimum Gasteiger partial charge on any atom is -0.493 e. The van der Waals surface area contributed by atoms with Crippen LogP contribution in [0.5, 0.6) is 11.5 Å². The molecule has 4 aliphatic carbocycles. The van der Waals surface area contributed by atoms with Crippen LogP contribution in [0.3, 0.4) is 0 Å². The fourth-order valence-electron chi connectivity index (χ4n) is 6.97. The Morgan fingerprint density at radius 1 is 0.906 bits per heavy atom. The first-order valence-corrected chi connectivity index (χ1v) is 11.4. The van der Waals surface area contributed by atoms with E-state index < -0.39 is 11.8 Å². The molecule has 1 amide bonds. The fraction of sp³-hybridized carbons (Fsp3) is 0.500. The van der Waals surface area contributed by atoms with Crippen molar-refractivity contribution in [1.29, 1.82) is 0 Å². The highest BCUT2D eigenvalue weighted by atomic mass is 16.5. The number of rotatable bonds is 6. The third-order valence-electron chi connectivity index (χ3n) is 7.84. The summed E-state index contributed by atoms with van der Waals surface area (Å²) in [4.78, 5) is 13.1. The van der Waals surface area contributed by atoms with Crippen molar-refractivity contribution in [1.82, 2.24) is 5.32 Å². The Labute approximate surface area is 188 Å². The Hall–Kier alpha value is -2.57. The van der Waals surface area contributed by atoms with Crippen molar-refractivity contribution in [3.63, 3.8) is 0 Å². The number of ether oxygens (including phenoxy) is 2. The number of hydrogen-bond donors (Lipinski definition) is 3. The van der Waals surface area contributed by atoms with Gasteiger partial charge in [0.05, 0.1) is 19.8 Å². The highest BCUT2D eigenvalue weighted by Gasteiger charge is 2.53. The summed E-state index contributed by atoms with van der Waals surface area (Å²) < 4.78 is 11.5. The van der Waals surface area contributed by atoms with Crippen LogP contribution in [0, 0.1) is 17.8 Å². The van der Waals surface area contributed by atoms with Crippen molar-refractivity contribution in [2.45, 2.75) is 49.9 Å². The van der Waals surface area contributed by atoms with Crippen molar-refractivity contribution in [3.05, 3.63) is 59.2 Å². The monoisotopic (exact) mass is 437 g/mol. The summed E-state index contributed by atoms with van der Waals surface area (Å²) in [5.41, 5.74) is 1.57. The van der Waals surface area contributed by atoms with Gasteiger partial charge < -0.3 is 19.7 Å². The van der Waals surface area contributed by atoms with Gasteiger partial charge in [-0.25, -0.2) is 0 Å². The lowest BCUT2D eigenvalue weighted by Crippen LogP contribution is -2.48. The normalized spacial score (nSPS) is 28.4. The number of carbonyl (C=O) groups excluding carboxylic acids is 1. The second kappa shape index (κ2) is 7.78. The Bertz CT molecular complexity index is 981. The Morgan fingerprint density at radius 2 is 1.47 bits per heavy atom. The van der Waals surface area contributed by atoms with Crippen molar-refractivity contribution >= 4 is 5.91 Å². The van der Waals surface area contributed by atoms with Gasteiger partial charge in [0, 0.05) is 11.1 Å². The van der Waals surface area contributed by atoms with Crippen molar-refractivity contribution in [3.8, 4) is 11.5 Å². The molecule has 6 heteroatoms. The molecule has 4 saturated carbocycles. The van der Waals surface area contributed by atoms with Crippen LogP contribution >= 0.6 is 0 Å². The highest BCUT2D eigenvalue weighted by Crippen LogP contribution is 2.62. The van der Waals surface area contributed by atoms with Crippen LogP contribution in [0.15, 0.2) is 42.5 Å². The third kappa shape index (κ3) is 3.46. The van der Waals surface area contributed by atoms with Crippen LogP contribution in [0.25, 0.3) is 0 Å². The first kappa shape index (κ1) is 21.3. The average Bonchev–Trinajstić information content (AvgIpc) is 2.77. The molecular formula is C26H31NO5. The van der Waals surface area contributed by atoms with Crippen molar-refractivity contribution in [2.24, 2.45) is 17.8 Å². The maximum Gasteiger partial charge on any atom is 0.275 e. The highest BCUT2D eigenvalue weighted by molar-refractivity contribution is 5.98. The molecule has 0 aliphatic heterocycles. The van der Waals surface area contributed by atoms with Crippen LogP contribution in [0.4, 0.5) is 0 Å². The van der Waals surface area contributed by atoms with Gasteiger partial charge in [0.25, 0.3) is 11.8 Å². The molecule has 0 unspecified atom stereocenters. The summed E-state index contributed by atoms with van der Waals surface area (Å²) in [6.45, 7) is 0. The number of benzene rings is 2. The van der Waals surface area contributed by atoms with Crippen LogP contribution in [-0.4, -0.2) is 30.3 Å². The zero-order chi connectivity index (χ0) is 22.5. The third-order valence-corrected chi connectivity index (χ3v) is 7.84. The molecule has 0 heterocycles. The smallest absolute Gasteiger partial charge is 0.275 e. The summed E-state index contributed by atoms with van der Waals surface area (Å²) in [6.07, 6.45) is 7.51. The second-order valence-corrected chi connectivity index (χ2v) is 9.92. The zero-order valence-electron chi connectivity index (χ0n) is 18.6. The molecule has 4 aliphatic rings. The number of methoxy groups -OCH3 is 2. The SMILES string of the molecule is COc1c(C(=O)NC(O)(O)c2ccccc2)ccc(C23CC4CC(CC(C4)C2)C3)c1OC. The number of nitrogens with one attached hydrogen (secondary N) is 1. The van der Waals surface area contributed by atoms with E-state index in [2.05, 4.69) is 5.32 Å². The summed E-state index contributed by atoms with van der Waals surface area (Å²) in [5, 5.41) is 23.2. The summed E-state index contributed by atoms with van der Waals surface area (Å²) in [7, 11) is 3.12. The largest absolute Gasteiger partial charge is 0.493 e. The van der Waals surface area contributed by atoms with E-state index in [-0.39, 0.29) is 16.5 Å². The molecule has 0 saturated heterocycles. The molecule has 4 fully saturated rings. The van der Waals surface area contributed by atoms with Crippen molar-refractivity contribution < 1.29 is 24.5 Å². The average molecular weight is 438 g/mol. The molecule has 32 heavy (non-hydrogen) atoms. The van der Waals surface area contributed by atoms with Gasteiger partial charge in [-0.05, 0) is 67.8 Å². The van der Waals surface area contributed by atoms with Gasteiger partial charge in [-0.3, -0.25) is 10.1 Å². The fourth-order valence-corrected chi connectivity index (χ4v) is 6.97. The molecule has 0 spiro atoms. The van der Waals surface area contributed by atoms with Gasteiger partial charge in [-0.2, -0.15) is 0 Å². The van der Waals surface area contributed by atoms with Crippen molar-refractivity contribution in [2.75, 3.05) is 14.2 Å². The van der Waals surface area contributed by atoms with E-state index in [0.29, 0.717) is 11.5 Å². The van der Waals surface area contributed by atoms with Gasteiger partial charge in [0.15, 0.2) is 11.5 Å². The van der Waals surface area contributed by atoms with Crippen LogP contribution in [-0.2, 0) is 11.3 Å². The maximum atomic E-state index is 13.1. The Morgan fingerprint density at radius 3 is 2.00 bits per heavy atom. The predicted octanol–water partition coefficient (Wildman–Crippen LogP) is 3.70. The van der Waals surface area contributed by atoms with Crippen LogP contribution in [0.2, 0.25) is 0 Å². The molecule has 4 bridgehead atoms. The molecule has 0 radical (unpaired) electrons. The minimum atomic E-state index is -2.50. The summed E-state index contributed by atoms with van der Waals surface area (Å²) in [6, 6.07) is 11.9. The van der Waals surface area contributed by atoms with E-state index in [1.807, 2.05) is 6.07 Å². The minimum absolute atomic E-state index is 0.0735. The molecule has 6 rings (SSSR count). The van der Waals surface area contributed by atoms with Gasteiger partial charge in [-0.15, -0.1) is 0 Å². The molecule has 0 aromatic heterocycles. The standard InChI is InChI=1S/C26H31NO5/c1-31-22-20(24(28)27-26(29,30)19-6-4-3-5-7-19)8-9-21(23(22)32-2)25-13-16-10-17(14-25)12-18(11-16)15-25/h3-9,16-18,29-30H,10-15H2,1-2H3,(H,27,28). The summed E-state index contributed by atoms with van der Waals surface area (Å²) >= 11 is 0. The predicted molar refractivity (Wildman–Crippen MR) is 119 cm³/mol. The quantitative estimate of drug-likeness (QED) is 0.600. The van der Waals surface area contributed by atoms with Crippen LogP contribution < -0.4 is 14.8 Å². The van der Waals surface area contributed by atoms with Gasteiger partial charge >= 0.3 is 0 Å². The van der Waals surface area contributed by atoms with E-state index >= 15 is 0 Å². The van der Waals surface area contributed by atoms with Gasteiger partial charge in [-0.1, -0.05) is 36.4 Å². The lowest BCUT2D eigenvalue weighted by molar-refractivity contribution is -0.185. The zero-order valence-corrected chi connectivity index (χ0v) is 18.6. The van der Waals surface area contributed by atoms with E-state index in [1.54, 1.807) is 31.4 Å². The number of aliphatic hydroxyl groups is 2. The molecule has 6 nitrogen and oxygen atoms in total. The number of amides is 1. The molecular weight excluding hydrogens is 406 g/mol. The number of carbonyl (C=O) groups is 1. The first-order valence-electron chi connectivity index (χ1n) is 11.4. The Balaban J connectivity index is 1.49. The molecule has 3 N–H and O–H groups in total. The number of hydrogen-bond acceptors (Lipinski definition) is 5. The topological polar surface area (TPSA) is 88.0 Å². The lowest BCUT2D eigenvalue weighted by atomic mass is 9.48. The molecule has 0 atom stereocenters. The second-order valence-electron chi connectivity index (χ2n) is 9.92. The molecule has 2 aromatic rings. The maximum absolute atomic E-state index is 13.1. The Kier molecular flexibility index (Phi) is 5.18. The van der Waals surface area contributed by atoms with E-state index in [4.69, 9.17) is 9.47 Å². The van der Waals surface area contributed by atoms with E-state index in [0.717, 1.165) is 42.6 Å². The molecule has 2 aromatic carbocycles. The lowest BCUT2D eigenvalue weighted by Gasteiger charge is -2.57. The molecule has 170 valence electrons. The van der Waals surface area contributed by atoms with Gasteiger partial charge in [0.1, 0.15) is 0 Å². The van der Waals surface area contributed by atoms with E-state index in [9.17, 15) is 15.0 Å². The van der Waals surface area contributed by atoms with E-state index in [1.165, 1.54) is 38.5 Å².